The lowest BCUT2D eigenvalue weighted by Crippen LogP contribution is -1.91. The molecule has 0 N–H and O–H groups in total. The summed E-state index contributed by atoms with van der Waals surface area (Å²) >= 11 is 0. The van der Waals surface area contributed by atoms with Crippen LogP contribution in [0.2, 0.25) is 0 Å². The summed E-state index contributed by atoms with van der Waals surface area (Å²) in [6.45, 7) is 1.99. The van der Waals surface area contributed by atoms with Crippen LogP contribution in [-0.4, -0.2) is 16.1 Å². The van der Waals surface area contributed by atoms with E-state index in [4.69, 9.17) is 0 Å². The number of aryl methyl sites for hydroxylation is 2. The molecule has 0 saturated heterocycles. The topological polar surface area (TPSA) is 34.9 Å². The van der Waals surface area contributed by atoms with Crippen molar-refractivity contribution in [1.29, 1.82) is 0 Å². The number of carbonyl (C=O) groups excluding carboxylic acids is 1. The summed E-state index contributed by atoms with van der Waals surface area (Å²) in [6, 6.07) is 5.51. The van der Waals surface area contributed by atoms with Crippen LogP contribution in [0.15, 0.2) is 18.2 Å². The maximum Gasteiger partial charge on any atom is 0.150 e. The number of nitrogens with zero attached hydrogens (tertiary/aromatic N) is 2. The van der Waals surface area contributed by atoms with E-state index < -0.39 is 0 Å². The largest absolute Gasteiger partial charge is 0.298 e. The van der Waals surface area contributed by atoms with Crippen LogP contribution in [0.25, 0.3) is 10.9 Å². The zero-order valence-corrected chi connectivity index (χ0v) is 7.61. The molecule has 0 saturated carbocycles. The first-order chi connectivity index (χ1) is 6.22. The lowest BCUT2D eigenvalue weighted by molar-refractivity contribution is 0.112. The Balaban J connectivity index is 2.81. The highest BCUT2D eigenvalue weighted by Gasteiger charge is 2.04. The second-order valence-corrected chi connectivity index (χ2v) is 3.10. The minimum atomic E-state index is 0.698. The Hall–Kier alpha value is -1.64. The van der Waals surface area contributed by atoms with Crippen LogP contribution in [0, 0.1) is 6.92 Å². The van der Waals surface area contributed by atoms with Crippen molar-refractivity contribution < 1.29 is 4.79 Å². The van der Waals surface area contributed by atoms with Crippen molar-refractivity contribution in [2.24, 2.45) is 7.05 Å². The van der Waals surface area contributed by atoms with Crippen LogP contribution >= 0.6 is 0 Å². The number of aromatic nitrogens is 2. The second kappa shape index (κ2) is 2.69. The van der Waals surface area contributed by atoms with E-state index in [2.05, 4.69) is 5.10 Å². The summed E-state index contributed by atoms with van der Waals surface area (Å²) < 4.78 is 1.82. The molecule has 0 radical (unpaired) electrons. The molecule has 0 bridgehead atoms. The van der Waals surface area contributed by atoms with Crippen LogP contribution in [0.3, 0.4) is 0 Å². The fourth-order valence-electron chi connectivity index (χ4n) is 1.41. The molecule has 1 aromatic carbocycles. The Bertz CT molecular complexity index is 471. The van der Waals surface area contributed by atoms with Gasteiger partial charge in [-0.2, -0.15) is 5.10 Å². The third-order valence-corrected chi connectivity index (χ3v) is 2.29. The molecular formula is C10H10N2O. The van der Waals surface area contributed by atoms with Gasteiger partial charge in [-0.05, 0) is 25.1 Å². The Morgan fingerprint density at radius 3 is 2.92 bits per heavy atom. The van der Waals surface area contributed by atoms with E-state index >= 15 is 0 Å². The normalized spacial score (nSPS) is 10.6. The highest BCUT2D eigenvalue weighted by atomic mass is 16.1. The summed E-state index contributed by atoms with van der Waals surface area (Å²) in [6.07, 6.45) is 0.853. The number of hydrogen-bond donors (Lipinski definition) is 0. The van der Waals surface area contributed by atoms with Crippen LogP contribution in [0.1, 0.15) is 16.1 Å². The number of benzene rings is 1. The van der Waals surface area contributed by atoms with Gasteiger partial charge in [0.15, 0.2) is 0 Å². The monoisotopic (exact) mass is 174 g/mol. The summed E-state index contributed by atoms with van der Waals surface area (Å²) in [5.74, 6) is 0. The molecule has 0 amide bonds. The predicted molar refractivity (Wildman–Crippen MR) is 50.8 cm³/mol. The van der Waals surface area contributed by atoms with E-state index in [9.17, 15) is 4.79 Å². The minimum absolute atomic E-state index is 0.698. The quantitative estimate of drug-likeness (QED) is 0.617. The summed E-state index contributed by atoms with van der Waals surface area (Å²) in [7, 11) is 1.90. The lowest BCUT2D eigenvalue weighted by atomic mass is 10.1. The van der Waals surface area contributed by atoms with Crippen LogP contribution in [-0.2, 0) is 7.05 Å². The van der Waals surface area contributed by atoms with Gasteiger partial charge in [0.25, 0.3) is 0 Å². The fraction of sp³-hybridized carbons (Fsp3) is 0.200. The number of carbonyl (C=O) groups is 1. The van der Waals surface area contributed by atoms with Gasteiger partial charge in [0.2, 0.25) is 0 Å². The van der Waals surface area contributed by atoms with Crippen molar-refractivity contribution in [3.05, 3.63) is 29.5 Å². The highest BCUT2D eigenvalue weighted by Crippen LogP contribution is 2.17. The van der Waals surface area contributed by atoms with Crippen molar-refractivity contribution in [3.8, 4) is 0 Å². The molecule has 0 atom stereocenters. The van der Waals surface area contributed by atoms with Crippen LogP contribution < -0.4 is 0 Å². The van der Waals surface area contributed by atoms with E-state index in [0.717, 1.165) is 22.9 Å². The van der Waals surface area contributed by atoms with E-state index in [1.54, 1.807) is 6.07 Å². The Morgan fingerprint density at radius 2 is 2.23 bits per heavy atom. The van der Waals surface area contributed by atoms with Crippen molar-refractivity contribution in [3.63, 3.8) is 0 Å². The van der Waals surface area contributed by atoms with Gasteiger partial charge >= 0.3 is 0 Å². The van der Waals surface area contributed by atoms with E-state index in [1.165, 1.54) is 0 Å². The SMILES string of the molecule is Cc1c2cc(C=O)ccc2nn1C. The van der Waals surface area contributed by atoms with Gasteiger partial charge in [0.1, 0.15) is 6.29 Å². The molecule has 0 aliphatic rings. The molecule has 0 unspecified atom stereocenters. The predicted octanol–water partition coefficient (Wildman–Crippen LogP) is 1.69. The van der Waals surface area contributed by atoms with Gasteiger partial charge in [-0.25, -0.2) is 0 Å². The Morgan fingerprint density at radius 1 is 1.46 bits per heavy atom. The summed E-state index contributed by atoms with van der Waals surface area (Å²) in [5.41, 5.74) is 2.72. The van der Waals surface area contributed by atoms with Gasteiger partial charge in [0.05, 0.1) is 5.52 Å². The molecule has 3 nitrogen and oxygen atoms in total. The zero-order valence-electron chi connectivity index (χ0n) is 7.61. The van der Waals surface area contributed by atoms with Crippen LogP contribution in [0.5, 0.6) is 0 Å². The van der Waals surface area contributed by atoms with Gasteiger partial charge in [-0.15, -0.1) is 0 Å². The number of hydrogen-bond acceptors (Lipinski definition) is 2. The van der Waals surface area contributed by atoms with Crippen molar-refractivity contribution >= 4 is 17.2 Å². The Kier molecular flexibility index (Phi) is 1.65. The zero-order chi connectivity index (χ0) is 9.42. The minimum Gasteiger partial charge on any atom is -0.298 e. The second-order valence-electron chi connectivity index (χ2n) is 3.10. The van der Waals surface area contributed by atoms with E-state index in [1.807, 2.05) is 30.8 Å². The molecule has 13 heavy (non-hydrogen) atoms. The third kappa shape index (κ3) is 1.13. The van der Waals surface area contributed by atoms with Gasteiger partial charge in [-0.3, -0.25) is 9.48 Å². The lowest BCUT2D eigenvalue weighted by Gasteiger charge is -1.92. The van der Waals surface area contributed by atoms with Gasteiger partial charge in [-0.1, -0.05) is 0 Å². The highest BCUT2D eigenvalue weighted by molar-refractivity contribution is 5.88. The molecule has 3 heteroatoms. The van der Waals surface area contributed by atoms with Crippen molar-refractivity contribution in [2.75, 3.05) is 0 Å². The van der Waals surface area contributed by atoms with Gasteiger partial charge in [0, 0.05) is 23.7 Å². The molecule has 66 valence electrons. The van der Waals surface area contributed by atoms with Crippen LogP contribution in [0.4, 0.5) is 0 Å². The summed E-state index contributed by atoms with van der Waals surface area (Å²) in [4.78, 5) is 10.5. The van der Waals surface area contributed by atoms with Gasteiger partial charge < -0.3 is 0 Å². The third-order valence-electron chi connectivity index (χ3n) is 2.29. The number of aldehydes is 1. The first kappa shape index (κ1) is 7.98. The molecule has 0 aliphatic heterocycles. The molecule has 2 aromatic rings. The standard InChI is InChI=1S/C10H10N2O/c1-7-9-5-8(6-13)3-4-10(9)11-12(7)2/h3-6H,1-2H3. The molecule has 0 fully saturated rings. The summed E-state index contributed by atoms with van der Waals surface area (Å²) in [5, 5.41) is 5.34. The molecule has 0 aliphatic carbocycles. The molecule has 1 heterocycles. The molecular weight excluding hydrogens is 164 g/mol. The first-order valence-electron chi connectivity index (χ1n) is 4.11. The number of fused-ring (bicyclic) bond motifs is 1. The average Bonchev–Trinajstić information content (AvgIpc) is 2.43. The smallest absolute Gasteiger partial charge is 0.150 e. The maximum absolute atomic E-state index is 10.5. The molecule has 2 rings (SSSR count). The van der Waals surface area contributed by atoms with Crippen molar-refractivity contribution in [2.45, 2.75) is 6.92 Å². The van der Waals surface area contributed by atoms with E-state index in [0.29, 0.717) is 5.56 Å². The molecule has 0 spiro atoms. The fourth-order valence-corrected chi connectivity index (χ4v) is 1.41. The van der Waals surface area contributed by atoms with Crippen molar-refractivity contribution in [1.82, 2.24) is 9.78 Å². The van der Waals surface area contributed by atoms with E-state index in [-0.39, 0.29) is 0 Å². The Labute approximate surface area is 76.0 Å². The number of rotatable bonds is 1. The maximum atomic E-state index is 10.5. The molecule has 1 aromatic heterocycles. The first-order valence-corrected chi connectivity index (χ1v) is 4.11. The average molecular weight is 174 g/mol.